The second kappa shape index (κ2) is 36.3. The van der Waals surface area contributed by atoms with Crippen molar-refractivity contribution in [1.82, 2.24) is 5.32 Å². The number of ether oxygens (including phenoxy) is 5. The lowest BCUT2D eigenvalue weighted by Crippen LogP contribution is -2.63. The number of carbonyl (C=O) groups excluding carboxylic acids is 1. The maximum absolute atomic E-state index is 14.1. The van der Waals surface area contributed by atoms with E-state index in [1.54, 1.807) is 0 Å². The van der Waals surface area contributed by atoms with Gasteiger partial charge < -0.3 is 39.2 Å². The second-order valence-corrected chi connectivity index (χ2v) is 20.9. The summed E-state index contributed by atoms with van der Waals surface area (Å²) < 4.78 is 34.6. The zero-order chi connectivity index (χ0) is 52.4. The number of amides is 1. The molecule has 75 heavy (non-hydrogen) atoms. The molecule has 1 heterocycles. The molecule has 9 heteroatoms. The van der Waals surface area contributed by atoms with E-state index < -0.39 is 48.8 Å². The minimum Gasteiger partial charge on any atom is -0.390 e. The molecule has 1 saturated heterocycles. The Bertz CT molecular complexity index is 2170. The fraction of sp³-hybridized carbons (Fsp3) is 0.530. The molecule has 1 aliphatic rings. The molecule has 0 aromatic heterocycles. The summed E-state index contributed by atoms with van der Waals surface area (Å²) in [5.41, 5.74) is 5.38. The Kier molecular flexibility index (Phi) is 28.9. The van der Waals surface area contributed by atoms with Gasteiger partial charge in [0.1, 0.15) is 30.5 Å². The van der Waals surface area contributed by atoms with E-state index in [2.05, 4.69) is 42.6 Å². The molecule has 0 aliphatic carbocycles. The number of rotatable bonds is 39. The van der Waals surface area contributed by atoms with Gasteiger partial charge >= 0.3 is 0 Å². The molecule has 0 saturated carbocycles. The molecule has 0 unspecified atom stereocenters. The third-order valence-corrected chi connectivity index (χ3v) is 14.7. The highest BCUT2D eigenvalue weighted by atomic mass is 16.6. The van der Waals surface area contributed by atoms with Crippen LogP contribution in [0.25, 0.3) is 0 Å². The second-order valence-electron chi connectivity index (χ2n) is 20.9. The summed E-state index contributed by atoms with van der Waals surface area (Å²) in [5, 5.41) is 27.3. The van der Waals surface area contributed by atoms with Crippen molar-refractivity contribution in [3.63, 3.8) is 0 Å². The molecule has 0 bridgehead atoms. The van der Waals surface area contributed by atoms with Gasteiger partial charge in [0.15, 0.2) is 0 Å². The van der Waals surface area contributed by atoms with Crippen molar-refractivity contribution in [3.05, 3.63) is 179 Å². The lowest BCUT2D eigenvalue weighted by Gasteiger charge is -2.47. The first kappa shape index (κ1) is 59.5. The van der Waals surface area contributed by atoms with Gasteiger partial charge in [-0.05, 0) is 59.9 Å². The monoisotopic (exact) mass is 1030 g/mol. The summed E-state index contributed by atoms with van der Waals surface area (Å²) in [6.45, 7) is 3.69. The van der Waals surface area contributed by atoms with E-state index in [-0.39, 0.29) is 25.5 Å². The molecule has 8 atom stereocenters. The Labute approximate surface area is 451 Å². The molecule has 5 aromatic carbocycles. The number of aliphatic hydroxyl groups excluding tert-OH is 2. The highest BCUT2D eigenvalue weighted by Gasteiger charge is 2.49. The van der Waals surface area contributed by atoms with Crippen molar-refractivity contribution in [2.75, 3.05) is 6.61 Å². The van der Waals surface area contributed by atoms with Crippen LogP contribution in [0.1, 0.15) is 163 Å². The van der Waals surface area contributed by atoms with Gasteiger partial charge in [0, 0.05) is 6.42 Å². The summed E-state index contributed by atoms with van der Waals surface area (Å²) in [4.78, 5) is 14.1. The first-order valence-electron chi connectivity index (χ1n) is 28.9. The molecule has 0 radical (unpaired) electrons. The van der Waals surface area contributed by atoms with Crippen molar-refractivity contribution in [1.29, 1.82) is 0 Å². The van der Waals surface area contributed by atoms with Gasteiger partial charge in [-0.1, -0.05) is 255 Å². The van der Waals surface area contributed by atoms with E-state index in [0.29, 0.717) is 32.7 Å². The molecule has 9 nitrogen and oxygen atoms in total. The number of carbonyl (C=O) groups is 1. The number of unbranched alkanes of at least 4 members (excludes halogenated alkanes) is 15. The average Bonchev–Trinajstić information content (AvgIpc) is 3.45. The zero-order valence-corrected chi connectivity index (χ0v) is 45.3. The molecule has 5 aromatic rings. The van der Waals surface area contributed by atoms with Crippen LogP contribution in [0.2, 0.25) is 0 Å². The first-order valence-corrected chi connectivity index (χ1v) is 28.9. The van der Waals surface area contributed by atoms with Gasteiger partial charge in [0.25, 0.3) is 0 Å². The number of aliphatic hydroxyl groups is 2. The molecule has 3 N–H and O–H groups in total. The number of hydrogen-bond donors (Lipinski definition) is 3. The van der Waals surface area contributed by atoms with Gasteiger partial charge in [-0.15, -0.1) is 0 Å². The van der Waals surface area contributed by atoms with Crippen LogP contribution in [0.5, 0.6) is 0 Å². The quantitative estimate of drug-likeness (QED) is 0.0333. The summed E-state index contributed by atoms with van der Waals surface area (Å²) in [5.74, 6) is -0.151. The van der Waals surface area contributed by atoms with Crippen molar-refractivity contribution < 1.29 is 38.7 Å². The smallest absolute Gasteiger partial charge is 0.220 e. The molecule has 1 fully saturated rings. The lowest BCUT2D eigenvalue weighted by molar-refractivity contribution is -0.275. The van der Waals surface area contributed by atoms with Crippen LogP contribution in [0.4, 0.5) is 0 Å². The molecule has 1 amide bonds. The van der Waals surface area contributed by atoms with Crippen molar-refractivity contribution in [2.24, 2.45) is 0 Å². The summed E-state index contributed by atoms with van der Waals surface area (Å²) in [6, 6.07) is 50.0. The normalized spacial score (nSPS) is 18.8. The van der Waals surface area contributed by atoms with E-state index in [0.717, 1.165) is 80.0 Å². The van der Waals surface area contributed by atoms with Crippen LogP contribution in [0.3, 0.4) is 0 Å². The van der Waals surface area contributed by atoms with Crippen molar-refractivity contribution >= 4 is 5.91 Å². The molecule has 0 spiro atoms. The Hall–Kier alpha value is -4.71. The van der Waals surface area contributed by atoms with E-state index >= 15 is 0 Å². The summed E-state index contributed by atoms with van der Waals surface area (Å²) in [7, 11) is 0. The van der Waals surface area contributed by atoms with Gasteiger partial charge in [-0.3, -0.25) is 4.79 Å². The van der Waals surface area contributed by atoms with E-state index in [4.69, 9.17) is 23.7 Å². The Balaban J connectivity index is 1.21. The van der Waals surface area contributed by atoms with Crippen LogP contribution in [0, 0.1) is 0 Å². The van der Waals surface area contributed by atoms with Crippen LogP contribution in [0.15, 0.2) is 152 Å². The fourth-order valence-electron chi connectivity index (χ4n) is 10.3. The molecule has 408 valence electrons. The van der Waals surface area contributed by atoms with E-state index in [1.165, 1.54) is 63.4 Å². The fourth-order valence-corrected chi connectivity index (χ4v) is 10.3. The molecule has 1 aliphatic heterocycles. The third-order valence-electron chi connectivity index (χ3n) is 14.7. The number of nitrogens with one attached hydrogen (secondary N) is 1. The van der Waals surface area contributed by atoms with Gasteiger partial charge in [-0.2, -0.15) is 0 Å². The topological polar surface area (TPSA) is 116 Å². The Morgan fingerprint density at radius 2 is 0.880 bits per heavy atom. The highest BCUT2D eigenvalue weighted by molar-refractivity contribution is 5.76. The largest absolute Gasteiger partial charge is 0.390 e. The maximum Gasteiger partial charge on any atom is 0.220 e. The van der Waals surface area contributed by atoms with Crippen LogP contribution in [-0.4, -0.2) is 71.5 Å². The predicted molar refractivity (Wildman–Crippen MR) is 302 cm³/mol. The van der Waals surface area contributed by atoms with E-state index in [1.807, 2.05) is 121 Å². The van der Waals surface area contributed by atoms with Gasteiger partial charge in [-0.25, -0.2) is 0 Å². The van der Waals surface area contributed by atoms with Crippen LogP contribution < -0.4 is 5.32 Å². The van der Waals surface area contributed by atoms with Crippen molar-refractivity contribution in [2.45, 2.75) is 217 Å². The maximum atomic E-state index is 14.1. The van der Waals surface area contributed by atoms with Gasteiger partial charge in [0.05, 0.1) is 51.3 Å². The molecule has 6 rings (SSSR count). The average molecular weight is 1030 g/mol. The molecular formula is C66H91NO8. The van der Waals surface area contributed by atoms with Crippen molar-refractivity contribution in [3.8, 4) is 0 Å². The summed E-state index contributed by atoms with van der Waals surface area (Å²) in [6.07, 6.45) is 15.8. The minimum absolute atomic E-state index is 0.151. The Morgan fingerprint density at radius 1 is 0.480 bits per heavy atom. The first-order chi connectivity index (χ1) is 37.0. The minimum atomic E-state index is -1.25. The lowest BCUT2D eigenvalue weighted by atomic mass is 9.88. The standard InChI is InChI=1S/C66H91NO8/c1-2-3-4-5-6-7-8-9-10-11-14-32-45-59(68)63(70)58(67-62(69)46-33-15-12-13-21-34-53-35-22-16-23-36-53)47-60-64(72-49-55-39-26-18-27-40-55)66(74-51-57-43-30-20-31-44-57)65(73-50-56-41-28-19-29-42-56)61(75-60)52-71-48-54-37-24-17-25-38-54/h16-20,22-31,35-44,58-61,63-66,68,70H,2-15,21,32-34,45-52H2,1H3,(H,67,69)/t58-,59+,60+,61+,63-,64-,65-,66+/m0/s1. The third kappa shape index (κ3) is 23.2. The van der Waals surface area contributed by atoms with Crippen LogP contribution >= 0.6 is 0 Å². The predicted octanol–water partition coefficient (Wildman–Crippen LogP) is 14.0. The zero-order valence-electron chi connectivity index (χ0n) is 45.3. The van der Waals surface area contributed by atoms with E-state index in [9.17, 15) is 15.0 Å². The summed E-state index contributed by atoms with van der Waals surface area (Å²) >= 11 is 0. The Morgan fingerprint density at radius 3 is 1.37 bits per heavy atom. The number of hydrogen-bond acceptors (Lipinski definition) is 8. The van der Waals surface area contributed by atoms with Gasteiger partial charge in [0.2, 0.25) is 5.91 Å². The highest BCUT2D eigenvalue weighted by Crippen LogP contribution is 2.34. The van der Waals surface area contributed by atoms with Crippen LogP contribution in [-0.2, 0) is 61.3 Å². The SMILES string of the molecule is CCCCCCCCCCCCCC[C@@H](O)[C@@H](O)[C@H](C[C@H]1O[C@H](COCc2ccccc2)[C@H](OCc2ccccc2)[C@H](OCc2ccccc2)[C@H]1OCc1ccccc1)NC(=O)CCCCCCCc1ccccc1. The number of benzene rings is 5. The number of aryl methyl sites for hydroxylation is 1. The molecular weight excluding hydrogens is 935 g/mol.